The summed E-state index contributed by atoms with van der Waals surface area (Å²) >= 11 is 0. The first-order valence-electron chi connectivity index (χ1n) is 5.23. The van der Waals surface area contributed by atoms with Crippen molar-refractivity contribution in [1.29, 1.82) is 5.26 Å². The Kier molecular flexibility index (Phi) is 34.0. The van der Waals surface area contributed by atoms with Gasteiger partial charge in [-0.25, -0.2) is 27.4 Å². The van der Waals surface area contributed by atoms with Gasteiger partial charge in [0.25, 0.3) is 0 Å². The molecule has 0 aromatic heterocycles. The lowest BCUT2D eigenvalue weighted by molar-refractivity contribution is 0.320. The van der Waals surface area contributed by atoms with E-state index in [0.29, 0.717) is 0 Å². The molecule has 0 aromatic carbocycles. The molecule has 0 amide bonds. The maximum atomic E-state index is 10.4. The second kappa shape index (κ2) is 22.4. The van der Waals surface area contributed by atoms with Crippen molar-refractivity contribution >= 4 is 47.4 Å². The lowest BCUT2D eigenvalue weighted by Gasteiger charge is -1.78. The Morgan fingerprint density at radius 2 is 0.424 bits per heavy atom. The summed E-state index contributed by atoms with van der Waals surface area (Å²) in [7, 11) is -30.8. The first kappa shape index (κ1) is 50.0. The Hall–Kier alpha value is -0.0300. The van der Waals surface area contributed by atoms with Gasteiger partial charge < -0.3 is 0 Å². The SMILES string of the molecule is CC#N.O=P(O)(O)F.O=P(O)(O)F.O=P(O)(O)F.O=P(O)(O)F.O=P(O)(O)F.O=P(O)(O)F. The van der Waals surface area contributed by atoms with Crippen molar-refractivity contribution in [3.63, 3.8) is 0 Å². The number of nitriles is 1. The van der Waals surface area contributed by atoms with Crippen LogP contribution in [0.5, 0.6) is 0 Å². The molecule has 0 rings (SSSR count). The minimum Gasteiger partial charge on any atom is -0.299 e. The minimum absolute atomic E-state index is 1.43. The van der Waals surface area contributed by atoms with Crippen LogP contribution in [-0.4, -0.2) is 58.7 Å². The van der Waals surface area contributed by atoms with Gasteiger partial charge >= 0.3 is 47.4 Å². The van der Waals surface area contributed by atoms with Crippen LogP contribution in [0.25, 0.3) is 0 Å². The number of hydrogen-bond donors (Lipinski definition) is 12. The standard InChI is InChI=1S/C2H3N.6FH2O3P/c1-2-3;6*1-5(2,3)4/h1H3;6*(H2,2,3,4). The van der Waals surface area contributed by atoms with Crippen LogP contribution >= 0.6 is 47.4 Å². The molecule has 0 bridgehead atoms. The molecule has 0 unspecified atom stereocenters. The highest BCUT2D eigenvalue weighted by atomic mass is 31.2. The van der Waals surface area contributed by atoms with E-state index in [1.807, 2.05) is 0 Å². The Morgan fingerprint density at radius 3 is 0.424 bits per heavy atom. The molecule has 0 aromatic rings. The van der Waals surface area contributed by atoms with Crippen molar-refractivity contribution in [3.8, 4) is 6.07 Å². The number of hydrogen-bond acceptors (Lipinski definition) is 7. The number of nitrogens with zero attached hydrogens (tertiary/aromatic N) is 1. The summed E-state index contributed by atoms with van der Waals surface area (Å²) in [4.78, 5) is 83.6. The van der Waals surface area contributed by atoms with Gasteiger partial charge in [0.15, 0.2) is 0 Å². The van der Waals surface area contributed by atoms with Crippen molar-refractivity contribution in [2.24, 2.45) is 0 Å². The van der Waals surface area contributed by atoms with E-state index in [1.54, 1.807) is 6.07 Å². The van der Waals surface area contributed by atoms with Gasteiger partial charge in [0, 0.05) is 6.92 Å². The van der Waals surface area contributed by atoms with Gasteiger partial charge in [-0.1, -0.05) is 0 Å². The quantitative estimate of drug-likeness (QED) is 0.129. The zero-order chi connectivity index (χ0) is 29.7. The minimum atomic E-state index is -5.14. The van der Waals surface area contributed by atoms with Crippen molar-refractivity contribution in [1.82, 2.24) is 0 Å². The molecular formula is C2H15F6NO18P6. The largest absolute Gasteiger partial charge is 0.507 e. The molecule has 0 aliphatic rings. The van der Waals surface area contributed by atoms with E-state index in [4.69, 9.17) is 91.4 Å². The van der Waals surface area contributed by atoms with Crippen LogP contribution in [0.3, 0.4) is 0 Å². The van der Waals surface area contributed by atoms with E-state index in [0.717, 1.165) is 0 Å². The third kappa shape index (κ3) is 31900000. The highest BCUT2D eigenvalue weighted by Crippen LogP contribution is 2.36. The Balaban J connectivity index is -0.0000000480. The van der Waals surface area contributed by atoms with Gasteiger partial charge in [0.2, 0.25) is 0 Å². The van der Waals surface area contributed by atoms with Crippen LogP contribution < -0.4 is 0 Å². The summed E-state index contributed by atoms with van der Waals surface area (Å²) in [6.45, 7) is 1.43. The van der Waals surface area contributed by atoms with E-state index in [2.05, 4.69) is 0 Å². The molecule has 0 heterocycles. The van der Waals surface area contributed by atoms with Crippen molar-refractivity contribution in [3.05, 3.63) is 0 Å². The molecule has 0 saturated carbocycles. The third-order valence-corrected chi connectivity index (χ3v) is 0. The van der Waals surface area contributed by atoms with Crippen LogP contribution in [0.1, 0.15) is 6.92 Å². The van der Waals surface area contributed by atoms with Crippen molar-refractivity contribution in [2.45, 2.75) is 6.92 Å². The molecule has 33 heavy (non-hydrogen) atoms. The van der Waals surface area contributed by atoms with Gasteiger partial charge in [-0.3, -0.25) is 58.7 Å². The summed E-state index contributed by atoms with van der Waals surface area (Å²) in [5, 5.41) is 7.32. The van der Waals surface area contributed by atoms with Gasteiger partial charge in [-0.05, 0) is 0 Å². The highest BCUT2D eigenvalue weighted by molar-refractivity contribution is 7.46. The molecule has 0 radical (unpaired) electrons. The summed E-state index contributed by atoms with van der Waals surface area (Å²) in [5.41, 5.74) is 0. The first-order valence-corrected chi connectivity index (χ1v) is 14.3. The van der Waals surface area contributed by atoms with Crippen LogP contribution in [0.4, 0.5) is 25.2 Å². The second-order valence-electron chi connectivity index (χ2n) is 3.06. The average molecular weight is 641 g/mol. The number of rotatable bonds is 0. The monoisotopic (exact) mass is 641 g/mol. The topological polar surface area (TPSA) is 369 Å². The predicted molar refractivity (Wildman–Crippen MR) is 90.2 cm³/mol. The van der Waals surface area contributed by atoms with Crippen molar-refractivity contribution in [2.75, 3.05) is 0 Å². The van der Waals surface area contributed by atoms with E-state index in [-0.39, 0.29) is 0 Å². The van der Waals surface area contributed by atoms with Crippen LogP contribution in [0, 0.1) is 11.3 Å². The molecule has 0 spiro atoms. The van der Waals surface area contributed by atoms with E-state index < -0.39 is 47.4 Å². The van der Waals surface area contributed by atoms with Gasteiger partial charge in [0.1, 0.15) is 0 Å². The summed E-state index contributed by atoms with van der Waals surface area (Å²) in [6, 6.07) is 1.75. The van der Waals surface area contributed by atoms with E-state index in [9.17, 15) is 25.2 Å². The second-order valence-corrected chi connectivity index (χ2v) is 8.74. The molecule has 31 heteroatoms. The molecule has 0 saturated heterocycles. The normalized spacial score (nSPS) is 11.0. The fourth-order valence-electron chi connectivity index (χ4n) is 0. The molecule has 208 valence electrons. The third-order valence-electron chi connectivity index (χ3n) is 0. The first-order chi connectivity index (χ1) is 13.4. The zero-order valence-corrected chi connectivity index (χ0v) is 20.1. The number of halogens is 6. The van der Waals surface area contributed by atoms with Crippen LogP contribution in [-0.2, 0) is 27.4 Å². The van der Waals surface area contributed by atoms with Crippen LogP contribution in [0.2, 0.25) is 0 Å². The summed E-state index contributed by atoms with van der Waals surface area (Å²) in [6.07, 6.45) is 0. The molecule has 0 aliphatic carbocycles. The van der Waals surface area contributed by atoms with Gasteiger partial charge in [0.05, 0.1) is 6.07 Å². The maximum absolute atomic E-state index is 10.4. The van der Waals surface area contributed by atoms with Gasteiger partial charge in [-0.15, -0.1) is 25.2 Å². The molecule has 0 fully saturated rings. The smallest absolute Gasteiger partial charge is 0.299 e. The lowest BCUT2D eigenvalue weighted by Crippen LogP contribution is -1.56. The molecule has 12 N–H and O–H groups in total. The Labute approximate surface area is 178 Å². The predicted octanol–water partition coefficient (Wildman–Crippen LogP) is 0.821. The lowest BCUT2D eigenvalue weighted by atomic mass is 11.0. The van der Waals surface area contributed by atoms with Crippen LogP contribution in [0.15, 0.2) is 0 Å². The maximum Gasteiger partial charge on any atom is 0.507 e. The Morgan fingerprint density at radius 1 is 0.424 bits per heavy atom. The van der Waals surface area contributed by atoms with E-state index in [1.165, 1.54) is 6.92 Å². The molecule has 0 atom stereocenters. The zero-order valence-electron chi connectivity index (χ0n) is 14.7. The summed E-state index contributed by atoms with van der Waals surface area (Å²) in [5.74, 6) is 0. The highest BCUT2D eigenvalue weighted by Gasteiger charge is 2.06. The fraction of sp³-hybridized carbons (Fsp3) is 0.500. The average Bonchev–Trinajstić information content (AvgIpc) is 2.11. The molecular weight excluding hydrogens is 626 g/mol. The Bertz CT molecular complexity index is 570. The van der Waals surface area contributed by atoms with Crippen molar-refractivity contribution < 1.29 is 111 Å². The van der Waals surface area contributed by atoms with Gasteiger partial charge in [-0.2, -0.15) is 5.26 Å². The fourth-order valence-corrected chi connectivity index (χ4v) is 0. The summed E-state index contributed by atoms with van der Waals surface area (Å²) < 4.78 is 114. The molecule has 19 nitrogen and oxygen atoms in total. The molecule has 0 aliphatic heterocycles. The van der Waals surface area contributed by atoms with E-state index >= 15 is 0 Å².